The van der Waals surface area contributed by atoms with Gasteiger partial charge in [-0.3, -0.25) is 0 Å². The Morgan fingerprint density at radius 2 is 1.75 bits per heavy atom. The van der Waals surface area contributed by atoms with Crippen LogP contribution in [-0.4, -0.2) is 13.6 Å². The second-order valence-corrected chi connectivity index (χ2v) is 5.39. The van der Waals surface area contributed by atoms with Crippen molar-refractivity contribution < 1.29 is 4.39 Å². The predicted octanol–water partition coefficient (Wildman–Crippen LogP) is 4.27. The summed E-state index contributed by atoms with van der Waals surface area (Å²) >= 11 is 12.0. The summed E-state index contributed by atoms with van der Waals surface area (Å²) in [4.78, 5) is 1.79. The van der Waals surface area contributed by atoms with Crippen LogP contribution < -0.4 is 10.6 Å². The van der Waals surface area contributed by atoms with Gasteiger partial charge >= 0.3 is 0 Å². The standard InChI is InChI=1S/C15H15Cl2FN2/c1-20(14-5-3-2-4-13(14)18)15(9-19)10-6-11(16)8-12(17)7-10/h2-8,15H,9,19H2,1H3. The molecule has 0 spiro atoms. The number of nitrogens with zero attached hydrogens (tertiary/aromatic N) is 1. The van der Waals surface area contributed by atoms with E-state index < -0.39 is 0 Å². The quantitative estimate of drug-likeness (QED) is 0.913. The zero-order chi connectivity index (χ0) is 14.7. The lowest BCUT2D eigenvalue weighted by molar-refractivity contribution is 0.603. The Morgan fingerprint density at radius 1 is 1.15 bits per heavy atom. The maximum Gasteiger partial charge on any atom is 0.146 e. The molecular weight excluding hydrogens is 298 g/mol. The SMILES string of the molecule is CN(c1ccccc1F)C(CN)c1cc(Cl)cc(Cl)c1. The lowest BCUT2D eigenvalue weighted by Crippen LogP contribution is -2.31. The molecule has 2 rings (SSSR count). The molecule has 0 amide bonds. The lowest BCUT2D eigenvalue weighted by Gasteiger charge is -2.30. The minimum atomic E-state index is -0.290. The molecule has 1 unspecified atom stereocenters. The molecule has 1 atom stereocenters. The van der Waals surface area contributed by atoms with Crippen molar-refractivity contribution in [3.05, 3.63) is 63.9 Å². The Morgan fingerprint density at radius 3 is 2.30 bits per heavy atom. The molecule has 0 aromatic heterocycles. The van der Waals surface area contributed by atoms with Gasteiger partial charge in [-0.25, -0.2) is 4.39 Å². The number of hydrogen-bond donors (Lipinski definition) is 1. The van der Waals surface area contributed by atoms with Crippen molar-refractivity contribution >= 4 is 28.9 Å². The highest BCUT2D eigenvalue weighted by Crippen LogP contribution is 2.30. The van der Waals surface area contributed by atoms with Gasteiger partial charge < -0.3 is 10.6 Å². The fourth-order valence-corrected chi connectivity index (χ4v) is 2.73. The minimum absolute atomic E-state index is 0.205. The number of benzene rings is 2. The van der Waals surface area contributed by atoms with Gasteiger partial charge in [0.15, 0.2) is 0 Å². The molecule has 2 aromatic rings. The normalized spacial score (nSPS) is 12.2. The molecule has 2 nitrogen and oxygen atoms in total. The first-order chi connectivity index (χ1) is 9.52. The molecule has 106 valence electrons. The molecule has 0 bridgehead atoms. The van der Waals surface area contributed by atoms with Crippen LogP contribution in [0.5, 0.6) is 0 Å². The molecule has 0 saturated carbocycles. The van der Waals surface area contributed by atoms with Gasteiger partial charge in [-0.05, 0) is 35.9 Å². The Hall–Kier alpha value is -1.29. The van der Waals surface area contributed by atoms with Crippen molar-refractivity contribution in [2.75, 3.05) is 18.5 Å². The zero-order valence-electron chi connectivity index (χ0n) is 11.0. The van der Waals surface area contributed by atoms with Crippen LogP contribution in [0.3, 0.4) is 0 Å². The van der Waals surface area contributed by atoms with E-state index in [1.165, 1.54) is 6.07 Å². The average Bonchev–Trinajstić information content (AvgIpc) is 2.38. The Labute approximate surface area is 127 Å². The summed E-state index contributed by atoms with van der Waals surface area (Å²) in [6.07, 6.45) is 0. The molecule has 0 saturated heterocycles. The fourth-order valence-electron chi connectivity index (χ4n) is 2.19. The Bertz CT molecular complexity index is 584. The first-order valence-electron chi connectivity index (χ1n) is 6.16. The second-order valence-electron chi connectivity index (χ2n) is 4.52. The van der Waals surface area contributed by atoms with E-state index in [0.717, 1.165) is 5.56 Å². The topological polar surface area (TPSA) is 29.3 Å². The number of likely N-dealkylation sites (N-methyl/N-ethyl adjacent to an activating group) is 1. The number of rotatable bonds is 4. The molecule has 2 aromatic carbocycles. The molecule has 20 heavy (non-hydrogen) atoms. The van der Waals surface area contributed by atoms with Crippen LogP contribution in [0.1, 0.15) is 11.6 Å². The summed E-state index contributed by atoms with van der Waals surface area (Å²) in [5.41, 5.74) is 7.19. The highest BCUT2D eigenvalue weighted by molar-refractivity contribution is 6.34. The minimum Gasteiger partial charge on any atom is -0.364 e. The van der Waals surface area contributed by atoms with Crippen LogP contribution in [-0.2, 0) is 0 Å². The number of halogens is 3. The van der Waals surface area contributed by atoms with Crippen LogP contribution in [0.4, 0.5) is 10.1 Å². The molecule has 0 heterocycles. The van der Waals surface area contributed by atoms with Crippen molar-refractivity contribution in [2.45, 2.75) is 6.04 Å². The van der Waals surface area contributed by atoms with Crippen molar-refractivity contribution in [1.82, 2.24) is 0 Å². The van der Waals surface area contributed by atoms with Gasteiger partial charge in [0, 0.05) is 23.6 Å². The van der Waals surface area contributed by atoms with Gasteiger partial charge in [0.05, 0.1) is 11.7 Å². The van der Waals surface area contributed by atoms with Crippen molar-refractivity contribution in [3.63, 3.8) is 0 Å². The summed E-state index contributed by atoms with van der Waals surface area (Å²) in [6, 6.07) is 11.6. The van der Waals surface area contributed by atoms with Crippen molar-refractivity contribution in [2.24, 2.45) is 5.73 Å². The summed E-state index contributed by atoms with van der Waals surface area (Å²) in [5.74, 6) is -0.290. The van der Waals surface area contributed by atoms with Crippen LogP contribution in [0.25, 0.3) is 0 Å². The maximum atomic E-state index is 13.9. The molecule has 0 fully saturated rings. The smallest absolute Gasteiger partial charge is 0.146 e. The monoisotopic (exact) mass is 312 g/mol. The fraction of sp³-hybridized carbons (Fsp3) is 0.200. The third-order valence-electron chi connectivity index (χ3n) is 3.19. The van der Waals surface area contributed by atoms with E-state index in [9.17, 15) is 4.39 Å². The number of anilines is 1. The van der Waals surface area contributed by atoms with E-state index in [4.69, 9.17) is 28.9 Å². The first-order valence-corrected chi connectivity index (χ1v) is 6.92. The van der Waals surface area contributed by atoms with E-state index in [0.29, 0.717) is 22.3 Å². The van der Waals surface area contributed by atoms with Gasteiger partial charge in [0.2, 0.25) is 0 Å². The van der Waals surface area contributed by atoms with Crippen molar-refractivity contribution in [3.8, 4) is 0 Å². The predicted molar refractivity (Wildman–Crippen MR) is 83.1 cm³/mol. The van der Waals surface area contributed by atoms with Crippen LogP contribution in [0, 0.1) is 5.82 Å². The number of para-hydroxylation sites is 1. The molecule has 0 aliphatic heterocycles. The molecule has 0 aliphatic carbocycles. The summed E-state index contributed by atoms with van der Waals surface area (Å²) < 4.78 is 13.9. The van der Waals surface area contributed by atoms with Gasteiger partial charge in [0.25, 0.3) is 0 Å². The van der Waals surface area contributed by atoms with Crippen molar-refractivity contribution in [1.29, 1.82) is 0 Å². The summed E-state index contributed by atoms with van der Waals surface area (Å²) in [5, 5.41) is 1.07. The van der Waals surface area contributed by atoms with Gasteiger partial charge in [0.1, 0.15) is 5.82 Å². The third kappa shape index (κ3) is 3.23. The Balaban J connectivity index is 2.39. The highest BCUT2D eigenvalue weighted by atomic mass is 35.5. The van der Waals surface area contributed by atoms with Crippen LogP contribution >= 0.6 is 23.2 Å². The molecule has 2 N–H and O–H groups in total. The lowest BCUT2D eigenvalue weighted by atomic mass is 10.0. The zero-order valence-corrected chi connectivity index (χ0v) is 12.5. The number of nitrogens with two attached hydrogens (primary N) is 1. The Kier molecular flexibility index (Phi) is 4.86. The summed E-state index contributed by atoms with van der Waals surface area (Å²) in [7, 11) is 1.80. The average molecular weight is 313 g/mol. The molecule has 5 heteroatoms. The summed E-state index contributed by atoms with van der Waals surface area (Å²) in [6.45, 7) is 0.321. The van der Waals surface area contributed by atoms with Crippen LogP contribution in [0.2, 0.25) is 10.0 Å². The van der Waals surface area contributed by atoms with E-state index in [-0.39, 0.29) is 11.9 Å². The molecule has 0 radical (unpaired) electrons. The van der Waals surface area contributed by atoms with E-state index >= 15 is 0 Å². The second kappa shape index (κ2) is 6.44. The molecule has 0 aliphatic rings. The van der Waals surface area contributed by atoms with E-state index in [1.807, 2.05) is 0 Å². The molecular formula is C15H15Cl2FN2. The first kappa shape index (κ1) is 15.1. The number of hydrogen-bond acceptors (Lipinski definition) is 2. The largest absolute Gasteiger partial charge is 0.364 e. The maximum absolute atomic E-state index is 13.9. The van der Waals surface area contributed by atoms with Crippen LogP contribution in [0.15, 0.2) is 42.5 Å². The van der Waals surface area contributed by atoms with E-state index in [2.05, 4.69) is 0 Å². The third-order valence-corrected chi connectivity index (χ3v) is 3.63. The van der Waals surface area contributed by atoms with Gasteiger partial charge in [-0.1, -0.05) is 35.3 Å². The highest BCUT2D eigenvalue weighted by Gasteiger charge is 2.19. The van der Waals surface area contributed by atoms with E-state index in [1.54, 1.807) is 48.3 Å². The van der Waals surface area contributed by atoms with Gasteiger partial charge in [-0.2, -0.15) is 0 Å². The van der Waals surface area contributed by atoms with Gasteiger partial charge in [-0.15, -0.1) is 0 Å².